The standard InChI is InChI=1S/C22H29FN4O/c1-16-19(14-24-27(16)21-11-7-6-10-20(21)23)22(28)25-17-12-13-26(15-17)18-8-4-2-3-5-9-18/h6-7,10-11,14,17-18H,2-5,8-9,12-13,15H2,1H3,(H,25,28). The summed E-state index contributed by atoms with van der Waals surface area (Å²) in [5, 5.41) is 7.42. The third-order valence-corrected chi connectivity index (χ3v) is 6.23. The molecule has 1 aliphatic carbocycles. The fourth-order valence-electron chi connectivity index (χ4n) is 4.62. The minimum absolute atomic E-state index is 0.118. The highest BCUT2D eigenvalue weighted by Gasteiger charge is 2.30. The number of hydrogen-bond acceptors (Lipinski definition) is 3. The van der Waals surface area contributed by atoms with Gasteiger partial charge in [-0.25, -0.2) is 9.07 Å². The van der Waals surface area contributed by atoms with Crippen LogP contribution in [0.2, 0.25) is 0 Å². The molecule has 1 aliphatic heterocycles. The molecule has 2 aromatic rings. The molecule has 4 rings (SSSR count). The van der Waals surface area contributed by atoms with Gasteiger partial charge in [-0.05, 0) is 38.3 Å². The average Bonchev–Trinajstić information content (AvgIpc) is 3.20. The van der Waals surface area contributed by atoms with Gasteiger partial charge in [0.05, 0.1) is 17.5 Å². The minimum Gasteiger partial charge on any atom is -0.348 e. The summed E-state index contributed by atoms with van der Waals surface area (Å²) in [7, 11) is 0. The van der Waals surface area contributed by atoms with Crippen LogP contribution in [0.25, 0.3) is 5.69 Å². The van der Waals surface area contributed by atoms with E-state index in [-0.39, 0.29) is 17.8 Å². The van der Waals surface area contributed by atoms with Crippen LogP contribution in [0.4, 0.5) is 4.39 Å². The lowest BCUT2D eigenvalue weighted by Crippen LogP contribution is -2.39. The van der Waals surface area contributed by atoms with Gasteiger partial charge in [0, 0.05) is 25.2 Å². The van der Waals surface area contributed by atoms with Gasteiger partial charge in [0.1, 0.15) is 11.5 Å². The molecule has 0 radical (unpaired) electrons. The summed E-state index contributed by atoms with van der Waals surface area (Å²) in [6.07, 6.45) is 10.5. The van der Waals surface area contributed by atoms with Crippen molar-refractivity contribution >= 4 is 5.91 Å². The molecular formula is C22H29FN4O. The van der Waals surface area contributed by atoms with Crippen molar-refractivity contribution in [1.82, 2.24) is 20.0 Å². The summed E-state index contributed by atoms with van der Waals surface area (Å²) >= 11 is 0. The quantitative estimate of drug-likeness (QED) is 0.815. The molecule has 1 aromatic carbocycles. The van der Waals surface area contributed by atoms with Crippen LogP contribution in [-0.2, 0) is 0 Å². The Morgan fingerprint density at radius 2 is 1.89 bits per heavy atom. The summed E-state index contributed by atoms with van der Waals surface area (Å²) < 4.78 is 15.6. The molecule has 1 N–H and O–H groups in total. The van der Waals surface area contributed by atoms with E-state index in [1.54, 1.807) is 25.1 Å². The summed E-state index contributed by atoms with van der Waals surface area (Å²) in [5.41, 5.74) is 1.52. The first kappa shape index (κ1) is 19.1. The number of para-hydroxylation sites is 1. The maximum atomic E-state index is 14.1. The van der Waals surface area contributed by atoms with Gasteiger partial charge in [-0.2, -0.15) is 5.10 Å². The predicted molar refractivity (Wildman–Crippen MR) is 107 cm³/mol. The van der Waals surface area contributed by atoms with Crippen LogP contribution >= 0.6 is 0 Å². The van der Waals surface area contributed by atoms with Gasteiger partial charge >= 0.3 is 0 Å². The predicted octanol–water partition coefficient (Wildman–Crippen LogP) is 3.85. The summed E-state index contributed by atoms with van der Waals surface area (Å²) in [6.45, 7) is 3.79. The maximum Gasteiger partial charge on any atom is 0.255 e. The number of nitrogens with zero attached hydrogens (tertiary/aromatic N) is 3. The second-order valence-corrected chi connectivity index (χ2v) is 8.11. The first-order valence-corrected chi connectivity index (χ1v) is 10.5. The van der Waals surface area contributed by atoms with Crippen molar-refractivity contribution in [2.24, 2.45) is 0 Å². The molecule has 28 heavy (non-hydrogen) atoms. The molecule has 0 spiro atoms. The molecule has 1 amide bonds. The highest BCUT2D eigenvalue weighted by Crippen LogP contribution is 2.25. The lowest BCUT2D eigenvalue weighted by atomic mass is 10.1. The van der Waals surface area contributed by atoms with E-state index >= 15 is 0 Å². The Bertz CT molecular complexity index is 826. The first-order valence-electron chi connectivity index (χ1n) is 10.5. The summed E-state index contributed by atoms with van der Waals surface area (Å²) in [6, 6.07) is 7.32. The van der Waals surface area contributed by atoms with Crippen molar-refractivity contribution in [2.45, 2.75) is 64.0 Å². The van der Waals surface area contributed by atoms with E-state index in [1.807, 2.05) is 0 Å². The first-order chi connectivity index (χ1) is 13.6. The van der Waals surface area contributed by atoms with Crippen molar-refractivity contribution in [3.05, 3.63) is 47.5 Å². The van der Waals surface area contributed by atoms with Crippen LogP contribution < -0.4 is 5.32 Å². The van der Waals surface area contributed by atoms with Crippen LogP contribution in [-0.4, -0.2) is 45.8 Å². The lowest BCUT2D eigenvalue weighted by Gasteiger charge is -2.26. The van der Waals surface area contributed by atoms with Gasteiger partial charge in [-0.1, -0.05) is 37.8 Å². The Balaban J connectivity index is 1.40. The van der Waals surface area contributed by atoms with E-state index < -0.39 is 0 Å². The van der Waals surface area contributed by atoms with E-state index in [2.05, 4.69) is 15.3 Å². The fraction of sp³-hybridized carbons (Fsp3) is 0.545. The van der Waals surface area contributed by atoms with Crippen LogP contribution in [0, 0.1) is 12.7 Å². The topological polar surface area (TPSA) is 50.2 Å². The number of carbonyl (C=O) groups excluding carboxylic acids is 1. The molecule has 1 aromatic heterocycles. The molecule has 2 fully saturated rings. The van der Waals surface area contributed by atoms with Crippen LogP contribution in [0.1, 0.15) is 61.0 Å². The molecule has 0 bridgehead atoms. The van der Waals surface area contributed by atoms with Gasteiger partial charge in [-0.15, -0.1) is 0 Å². The number of benzene rings is 1. The highest BCUT2D eigenvalue weighted by molar-refractivity contribution is 5.95. The lowest BCUT2D eigenvalue weighted by molar-refractivity contribution is 0.0935. The molecule has 150 valence electrons. The summed E-state index contributed by atoms with van der Waals surface area (Å²) in [4.78, 5) is 15.4. The van der Waals surface area contributed by atoms with Gasteiger partial charge in [0.2, 0.25) is 0 Å². The number of nitrogens with one attached hydrogen (secondary N) is 1. The van der Waals surface area contributed by atoms with Crippen molar-refractivity contribution < 1.29 is 9.18 Å². The number of aromatic nitrogens is 2. The van der Waals surface area contributed by atoms with E-state index in [1.165, 1.54) is 55.5 Å². The molecule has 1 saturated heterocycles. The summed E-state index contributed by atoms with van der Waals surface area (Å²) in [5.74, 6) is -0.469. The number of hydrogen-bond donors (Lipinski definition) is 1. The normalized spacial score (nSPS) is 21.6. The maximum absolute atomic E-state index is 14.1. The van der Waals surface area contributed by atoms with Crippen LogP contribution in [0.5, 0.6) is 0 Å². The molecule has 2 aliphatic rings. The Labute approximate surface area is 165 Å². The van der Waals surface area contributed by atoms with Crippen molar-refractivity contribution in [3.8, 4) is 5.69 Å². The van der Waals surface area contributed by atoms with E-state index in [0.717, 1.165) is 19.5 Å². The number of carbonyl (C=O) groups is 1. The number of amides is 1. The SMILES string of the molecule is Cc1c(C(=O)NC2CCN(C3CCCCCC3)C2)cnn1-c1ccccc1F. The third-order valence-electron chi connectivity index (χ3n) is 6.23. The van der Waals surface area contributed by atoms with Crippen LogP contribution in [0.15, 0.2) is 30.5 Å². The van der Waals surface area contributed by atoms with Gasteiger partial charge < -0.3 is 5.32 Å². The molecule has 1 unspecified atom stereocenters. The van der Waals surface area contributed by atoms with Gasteiger partial charge in [0.15, 0.2) is 0 Å². The van der Waals surface area contributed by atoms with E-state index in [0.29, 0.717) is 23.0 Å². The smallest absolute Gasteiger partial charge is 0.255 e. The Kier molecular flexibility index (Phi) is 5.76. The zero-order chi connectivity index (χ0) is 19.5. The third kappa shape index (κ3) is 3.97. The van der Waals surface area contributed by atoms with Crippen molar-refractivity contribution in [3.63, 3.8) is 0 Å². The van der Waals surface area contributed by atoms with Crippen molar-refractivity contribution in [1.29, 1.82) is 0 Å². The zero-order valence-corrected chi connectivity index (χ0v) is 16.5. The van der Waals surface area contributed by atoms with Gasteiger partial charge in [-0.3, -0.25) is 9.69 Å². The molecule has 5 nitrogen and oxygen atoms in total. The highest BCUT2D eigenvalue weighted by atomic mass is 19.1. The minimum atomic E-state index is -0.351. The molecule has 2 heterocycles. The largest absolute Gasteiger partial charge is 0.348 e. The monoisotopic (exact) mass is 384 g/mol. The Hall–Kier alpha value is -2.21. The van der Waals surface area contributed by atoms with Gasteiger partial charge in [0.25, 0.3) is 5.91 Å². The van der Waals surface area contributed by atoms with E-state index in [9.17, 15) is 9.18 Å². The van der Waals surface area contributed by atoms with Crippen molar-refractivity contribution in [2.75, 3.05) is 13.1 Å². The second-order valence-electron chi connectivity index (χ2n) is 8.11. The van der Waals surface area contributed by atoms with Crippen LogP contribution in [0.3, 0.4) is 0 Å². The van der Waals surface area contributed by atoms with E-state index in [4.69, 9.17) is 0 Å². The number of likely N-dealkylation sites (tertiary alicyclic amines) is 1. The molecule has 1 atom stereocenters. The Morgan fingerprint density at radius 3 is 2.64 bits per heavy atom. The number of rotatable bonds is 4. The molecule has 6 heteroatoms. The average molecular weight is 384 g/mol. The molecular weight excluding hydrogens is 355 g/mol. The molecule has 1 saturated carbocycles. The second kappa shape index (κ2) is 8.43. The number of halogens is 1. The Morgan fingerprint density at radius 1 is 1.14 bits per heavy atom. The fourth-order valence-corrected chi connectivity index (χ4v) is 4.62. The zero-order valence-electron chi connectivity index (χ0n) is 16.5.